The molecule has 1 atom stereocenters. The van der Waals surface area contributed by atoms with Gasteiger partial charge in [0, 0.05) is 29.5 Å². The molecule has 0 bridgehead atoms. The standard InChI is InChI=1S/C19H20N4.C2H2/c1-4-23(14(2)17-8-6-12-22(17)3)18-10-9-15(13-20)19-16(18)7-5-11-21-19;1-2/h4-5,7,9-11,17H,1-2,6,8,12H2,3H3;1-2H. The molecule has 1 unspecified atom stereocenters. The summed E-state index contributed by atoms with van der Waals surface area (Å²) >= 11 is 0. The lowest BCUT2D eigenvalue weighted by molar-refractivity contribution is 0.343. The summed E-state index contributed by atoms with van der Waals surface area (Å²) in [6.45, 7) is 9.36. The number of likely N-dealkylation sites (tertiary alicyclic amines) is 1. The van der Waals surface area contributed by atoms with Crippen molar-refractivity contribution >= 4 is 16.6 Å². The summed E-state index contributed by atoms with van der Waals surface area (Å²) in [5.74, 6) is 0. The third-order valence-corrected chi connectivity index (χ3v) is 4.52. The summed E-state index contributed by atoms with van der Waals surface area (Å²) in [4.78, 5) is 8.73. The molecule has 0 N–H and O–H groups in total. The van der Waals surface area contributed by atoms with Crippen LogP contribution in [0.2, 0.25) is 0 Å². The van der Waals surface area contributed by atoms with E-state index in [0.29, 0.717) is 17.1 Å². The summed E-state index contributed by atoms with van der Waals surface area (Å²) in [5, 5.41) is 10.2. The molecule has 0 amide bonds. The van der Waals surface area contributed by atoms with E-state index in [1.807, 2.05) is 29.2 Å². The third-order valence-electron chi connectivity index (χ3n) is 4.52. The summed E-state index contributed by atoms with van der Waals surface area (Å²) in [6, 6.07) is 10.2. The highest BCUT2D eigenvalue weighted by atomic mass is 15.2. The molecule has 1 aromatic carbocycles. The molecule has 126 valence electrons. The fourth-order valence-electron chi connectivity index (χ4n) is 3.32. The second kappa shape index (κ2) is 8.15. The molecule has 4 heteroatoms. The van der Waals surface area contributed by atoms with Gasteiger partial charge in [0.1, 0.15) is 6.07 Å². The quantitative estimate of drug-likeness (QED) is 0.797. The molecule has 25 heavy (non-hydrogen) atoms. The van der Waals surface area contributed by atoms with Crippen molar-refractivity contribution in [2.75, 3.05) is 18.5 Å². The normalized spacial score (nSPS) is 16.5. The van der Waals surface area contributed by atoms with Crippen LogP contribution in [0.3, 0.4) is 0 Å². The predicted molar refractivity (Wildman–Crippen MR) is 104 cm³/mol. The van der Waals surface area contributed by atoms with Crippen molar-refractivity contribution in [1.82, 2.24) is 9.88 Å². The highest BCUT2D eigenvalue weighted by molar-refractivity contribution is 5.96. The minimum atomic E-state index is 0.315. The van der Waals surface area contributed by atoms with Gasteiger partial charge in [-0.25, -0.2) is 0 Å². The SMILES string of the molecule is C#C.C=CN(C(=C)C1CCCN1C)c1ccc(C#N)c2ncccc12. The van der Waals surface area contributed by atoms with E-state index >= 15 is 0 Å². The average molecular weight is 330 g/mol. The van der Waals surface area contributed by atoms with E-state index in [-0.39, 0.29) is 0 Å². The largest absolute Gasteiger partial charge is 0.320 e. The fourth-order valence-corrected chi connectivity index (χ4v) is 3.32. The van der Waals surface area contributed by atoms with Crippen LogP contribution in [0.25, 0.3) is 10.9 Å². The van der Waals surface area contributed by atoms with Crippen molar-refractivity contribution in [2.45, 2.75) is 18.9 Å². The van der Waals surface area contributed by atoms with Gasteiger partial charge >= 0.3 is 0 Å². The molecule has 0 spiro atoms. The highest BCUT2D eigenvalue weighted by Crippen LogP contribution is 2.33. The molecular formula is C21H22N4. The van der Waals surface area contributed by atoms with Crippen molar-refractivity contribution in [2.24, 2.45) is 0 Å². The Morgan fingerprint density at radius 3 is 2.80 bits per heavy atom. The van der Waals surface area contributed by atoms with E-state index in [1.165, 1.54) is 6.42 Å². The van der Waals surface area contributed by atoms with Gasteiger partial charge in [-0.3, -0.25) is 9.88 Å². The second-order valence-corrected chi connectivity index (χ2v) is 5.83. The van der Waals surface area contributed by atoms with Crippen LogP contribution in [0.4, 0.5) is 5.69 Å². The molecule has 0 saturated carbocycles. The molecular weight excluding hydrogens is 308 g/mol. The summed E-state index contributed by atoms with van der Waals surface area (Å²) in [5.41, 5.74) is 3.27. The van der Waals surface area contributed by atoms with Crippen LogP contribution in [0.1, 0.15) is 18.4 Å². The lowest BCUT2D eigenvalue weighted by atomic mass is 10.1. The lowest BCUT2D eigenvalue weighted by Gasteiger charge is -2.31. The number of hydrogen-bond acceptors (Lipinski definition) is 4. The Hall–Kier alpha value is -3.08. The van der Waals surface area contributed by atoms with Crippen LogP contribution >= 0.6 is 0 Å². The van der Waals surface area contributed by atoms with Crippen molar-refractivity contribution in [3.05, 3.63) is 61.1 Å². The number of nitrogens with zero attached hydrogens (tertiary/aromatic N) is 4. The van der Waals surface area contributed by atoms with E-state index in [4.69, 9.17) is 0 Å². The number of hydrogen-bond donors (Lipinski definition) is 0. The maximum absolute atomic E-state index is 9.29. The zero-order valence-corrected chi connectivity index (χ0v) is 14.5. The number of fused-ring (bicyclic) bond motifs is 1. The van der Waals surface area contributed by atoms with E-state index in [1.54, 1.807) is 12.4 Å². The summed E-state index contributed by atoms with van der Waals surface area (Å²) in [6.07, 6.45) is 13.8. The van der Waals surface area contributed by atoms with Gasteiger partial charge in [-0.05, 0) is 50.7 Å². The predicted octanol–water partition coefficient (Wildman–Crippen LogP) is 3.91. The third kappa shape index (κ3) is 3.40. The van der Waals surface area contributed by atoms with Gasteiger partial charge in [0.05, 0.1) is 16.8 Å². The number of terminal acetylenes is 1. The number of pyridine rings is 1. The molecule has 1 aliphatic rings. The molecule has 1 saturated heterocycles. The van der Waals surface area contributed by atoms with E-state index < -0.39 is 0 Å². The molecule has 2 aromatic rings. The molecule has 4 nitrogen and oxygen atoms in total. The Balaban J connectivity index is 0.00000109. The lowest BCUT2D eigenvalue weighted by Crippen LogP contribution is -2.33. The van der Waals surface area contributed by atoms with Crippen molar-refractivity contribution in [3.8, 4) is 18.9 Å². The first-order valence-electron chi connectivity index (χ1n) is 8.09. The second-order valence-electron chi connectivity index (χ2n) is 5.83. The number of nitriles is 1. The summed E-state index contributed by atoms with van der Waals surface area (Å²) in [7, 11) is 2.13. The summed E-state index contributed by atoms with van der Waals surface area (Å²) < 4.78 is 0. The molecule has 2 heterocycles. The fraction of sp³-hybridized carbons (Fsp3) is 0.238. The Morgan fingerprint density at radius 1 is 1.44 bits per heavy atom. The molecule has 0 aliphatic carbocycles. The monoisotopic (exact) mass is 330 g/mol. The molecule has 1 fully saturated rings. The molecule has 1 aliphatic heterocycles. The van der Waals surface area contributed by atoms with Crippen molar-refractivity contribution < 1.29 is 0 Å². The maximum Gasteiger partial charge on any atom is 0.101 e. The Kier molecular flexibility index (Phi) is 5.95. The van der Waals surface area contributed by atoms with Crippen LogP contribution in [-0.4, -0.2) is 29.5 Å². The van der Waals surface area contributed by atoms with E-state index in [2.05, 4.69) is 49.0 Å². The number of rotatable bonds is 4. The van der Waals surface area contributed by atoms with Crippen LogP contribution in [0, 0.1) is 24.2 Å². The Bertz CT molecular complexity index is 844. The zero-order chi connectivity index (χ0) is 18.4. The van der Waals surface area contributed by atoms with Gasteiger partial charge in [0.2, 0.25) is 0 Å². The minimum Gasteiger partial charge on any atom is -0.320 e. The van der Waals surface area contributed by atoms with Crippen molar-refractivity contribution in [1.29, 1.82) is 5.26 Å². The Morgan fingerprint density at radius 2 is 2.20 bits per heavy atom. The van der Waals surface area contributed by atoms with Gasteiger partial charge in [0.15, 0.2) is 0 Å². The van der Waals surface area contributed by atoms with Crippen LogP contribution in [0.15, 0.2) is 55.5 Å². The van der Waals surface area contributed by atoms with Crippen molar-refractivity contribution in [3.63, 3.8) is 0 Å². The number of anilines is 1. The number of benzene rings is 1. The minimum absolute atomic E-state index is 0.315. The highest BCUT2D eigenvalue weighted by Gasteiger charge is 2.27. The topological polar surface area (TPSA) is 43.2 Å². The van der Waals surface area contributed by atoms with Gasteiger partial charge in [-0.2, -0.15) is 5.26 Å². The first kappa shape index (κ1) is 18.3. The Labute approximate surface area is 149 Å². The smallest absolute Gasteiger partial charge is 0.101 e. The van der Waals surface area contributed by atoms with Gasteiger partial charge < -0.3 is 4.90 Å². The molecule has 1 aromatic heterocycles. The van der Waals surface area contributed by atoms with Gasteiger partial charge in [-0.15, -0.1) is 12.8 Å². The van der Waals surface area contributed by atoms with Gasteiger partial charge in [-0.1, -0.05) is 13.2 Å². The van der Waals surface area contributed by atoms with Crippen LogP contribution < -0.4 is 4.90 Å². The number of aromatic nitrogens is 1. The average Bonchev–Trinajstić information content (AvgIpc) is 3.10. The first-order chi connectivity index (χ1) is 12.2. The van der Waals surface area contributed by atoms with Gasteiger partial charge in [0.25, 0.3) is 0 Å². The van der Waals surface area contributed by atoms with E-state index in [0.717, 1.165) is 29.7 Å². The number of likely N-dealkylation sites (N-methyl/N-ethyl adjacent to an activating group) is 1. The van der Waals surface area contributed by atoms with E-state index in [9.17, 15) is 5.26 Å². The maximum atomic E-state index is 9.29. The van der Waals surface area contributed by atoms with Crippen LogP contribution in [0.5, 0.6) is 0 Å². The zero-order valence-electron chi connectivity index (χ0n) is 14.5. The molecule has 3 rings (SSSR count). The first-order valence-corrected chi connectivity index (χ1v) is 8.09. The van der Waals surface area contributed by atoms with Crippen LogP contribution in [-0.2, 0) is 0 Å². The molecule has 0 radical (unpaired) electrons.